The number of benzene rings is 1. The number of rotatable bonds is 24. The SMILES string of the molecule is CCCCCCC(=O)c1c(O)c(C(=O)CCCCCC)c(C(=O)CCCCCC)c(O)c1C(=O)CCCCCC. The Bertz CT molecular complexity index is 812. The second-order valence-corrected chi connectivity index (χ2v) is 11.1. The van der Waals surface area contributed by atoms with E-state index in [-0.39, 0.29) is 47.9 Å². The molecule has 0 saturated carbocycles. The average molecular weight is 559 g/mol. The number of Topliss-reactive ketones (excluding diaryl/α,β-unsaturated/α-hetero) is 4. The van der Waals surface area contributed by atoms with Gasteiger partial charge in [0.2, 0.25) is 0 Å². The number of hydrogen-bond acceptors (Lipinski definition) is 6. The maximum Gasteiger partial charge on any atom is 0.167 e. The minimum Gasteiger partial charge on any atom is -0.506 e. The normalized spacial score (nSPS) is 11.1. The van der Waals surface area contributed by atoms with Crippen LogP contribution in [-0.2, 0) is 0 Å². The summed E-state index contributed by atoms with van der Waals surface area (Å²) < 4.78 is 0. The molecular formula is C34H54O6. The molecule has 0 fully saturated rings. The first-order valence-corrected chi connectivity index (χ1v) is 16.0. The van der Waals surface area contributed by atoms with Crippen LogP contribution in [-0.4, -0.2) is 33.3 Å². The lowest BCUT2D eigenvalue weighted by Crippen LogP contribution is -2.18. The maximum absolute atomic E-state index is 13.5. The highest BCUT2D eigenvalue weighted by Crippen LogP contribution is 2.41. The summed E-state index contributed by atoms with van der Waals surface area (Å²) in [6.07, 6.45) is 13.8. The number of unbranched alkanes of at least 4 members (excludes halogenated alkanes) is 12. The molecule has 1 aromatic carbocycles. The van der Waals surface area contributed by atoms with Gasteiger partial charge in [-0.3, -0.25) is 19.2 Å². The largest absolute Gasteiger partial charge is 0.506 e. The molecule has 0 spiro atoms. The third kappa shape index (κ3) is 11.2. The molecule has 6 heteroatoms. The zero-order valence-corrected chi connectivity index (χ0v) is 25.7. The number of carbonyl (C=O) groups is 4. The Morgan fingerprint density at radius 1 is 0.375 bits per heavy atom. The van der Waals surface area contributed by atoms with Crippen molar-refractivity contribution in [2.75, 3.05) is 0 Å². The zero-order valence-electron chi connectivity index (χ0n) is 25.7. The smallest absolute Gasteiger partial charge is 0.167 e. The van der Waals surface area contributed by atoms with E-state index < -0.39 is 34.6 Å². The summed E-state index contributed by atoms with van der Waals surface area (Å²) in [6.45, 7) is 8.27. The van der Waals surface area contributed by atoms with E-state index in [1.54, 1.807) is 0 Å². The minimum absolute atomic E-state index is 0.0948. The molecule has 0 unspecified atom stereocenters. The quantitative estimate of drug-likeness (QED) is 0.0742. The molecule has 0 aromatic heterocycles. The molecule has 0 bridgehead atoms. The number of carbonyl (C=O) groups excluding carboxylic acids is 4. The third-order valence-corrected chi connectivity index (χ3v) is 7.59. The van der Waals surface area contributed by atoms with Crippen LogP contribution in [0.15, 0.2) is 0 Å². The molecule has 0 saturated heterocycles. The van der Waals surface area contributed by atoms with Crippen LogP contribution in [0.3, 0.4) is 0 Å². The van der Waals surface area contributed by atoms with Gasteiger partial charge in [-0.15, -0.1) is 0 Å². The second kappa shape index (κ2) is 20.4. The number of phenols is 2. The van der Waals surface area contributed by atoms with Crippen LogP contribution >= 0.6 is 0 Å². The molecular weight excluding hydrogens is 504 g/mol. The fraction of sp³-hybridized carbons (Fsp3) is 0.706. The van der Waals surface area contributed by atoms with E-state index >= 15 is 0 Å². The van der Waals surface area contributed by atoms with Crippen molar-refractivity contribution < 1.29 is 29.4 Å². The molecule has 2 N–H and O–H groups in total. The standard InChI is InChI=1S/C34H54O6/c1-5-9-13-17-21-25(35)29-30(26(36)22-18-14-10-6-2)34(40)32(28(38)24-20-16-12-8-4)31(33(29)39)27(37)23-19-15-11-7-3/h39-40H,5-24H2,1-4H3. The molecule has 0 aliphatic carbocycles. The second-order valence-electron chi connectivity index (χ2n) is 11.1. The molecule has 0 atom stereocenters. The van der Waals surface area contributed by atoms with E-state index in [0.29, 0.717) is 25.7 Å². The van der Waals surface area contributed by atoms with E-state index in [4.69, 9.17) is 0 Å². The lowest BCUT2D eigenvalue weighted by Gasteiger charge is -2.20. The zero-order chi connectivity index (χ0) is 29.9. The molecule has 0 heterocycles. The highest BCUT2D eigenvalue weighted by molar-refractivity contribution is 6.20. The highest BCUT2D eigenvalue weighted by atomic mass is 16.3. The van der Waals surface area contributed by atoms with E-state index in [2.05, 4.69) is 27.7 Å². The first-order chi connectivity index (χ1) is 19.3. The first-order valence-electron chi connectivity index (χ1n) is 16.0. The van der Waals surface area contributed by atoms with Crippen molar-refractivity contribution in [2.24, 2.45) is 0 Å². The van der Waals surface area contributed by atoms with E-state index in [0.717, 1.165) is 77.0 Å². The lowest BCUT2D eigenvalue weighted by molar-refractivity contribution is 0.0925. The Balaban J connectivity index is 3.67. The van der Waals surface area contributed by atoms with Gasteiger partial charge in [0.25, 0.3) is 0 Å². The number of phenolic OH excluding ortho intramolecular Hbond substituents is 2. The van der Waals surface area contributed by atoms with E-state index in [9.17, 15) is 29.4 Å². The number of ketones is 4. The van der Waals surface area contributed by atoms with Crippen molar-refractivity contribution in [3.63, 3.8) is 0 Å². The van der Waals surface area contributed by atoms with Gasteiger partial charge >= 0.3 is 0 Å². The molecule has 40 heavy (non-hydrogen) atoms. The highest BCUT2D eigenvalue weighted by Gasteiger charge is 2.35. The summed E-state index contributed by atoms with van der Waals surface area (Å²) in [6, 6.07) is 0. The van der Waals surface area contributed by atoms with Crippen LogP contribution in [0.25, 0.3) is 0 Å². The molecule has 0 radical (unpaired) electrons. The van der Waals surface area contributed by atoms with Crippen LogP contribution in [0.2, 0.25) is 0 Å². The fourth-order valence-corrected chi connectivity index (χ4v) is 5.16. The molecule has 6 nitrogen and oxygen atoms in total. The summed E-state index contributed by atoms with van der Waals surface area (Å²) in [4.78, 5) is 53.8. The van der Waals surface area contributed by atoms with E-state index in [1.807, 2.05) is 0 Å². The summed E-state index contributed by atoms with van der Waals surface area (Å²) >= 11 is 0. The van der Waals surface area contributed by atoms with Gasteiger partial charge in [0.05, 0.1) is 22.3 Å². The molecule has 1 aromatic rings. The van der Waals surface area contributed by atoms with Gasteiger partial charge in [-0.25, -0.2) is 0 Å². The Kier molecular flexibility index (Phi) is 18.1. The van der Waals surface area contributed by atoms with Gasteiger partial charge in [-0.05, 0) is 25.7 Å². The van der Waals surface area contributed by atoms with Crippen molar-refractivity contribution in [2.45, 2.75) is 156 Å². The number of aromatic hydroxyl groups is 2. The summed E-state index contributed by atoms with van der Waals surface area (Å²) in [5.74, 6) is -3.09. The van der Waals surface area contributed by atoms with Crippen LogP contribution in [0.1, 0.15) is 198 Å². The van der Waals surface area contributed by atoms with Crippen molar-refractivity contribution in [1.82, 2.24) is 0 Å². The maximum atomic E-state index is 13.5. The van der Waals surface area contributed by atoms with E-state index in [1.165, 1.54) is 0 Å². The van der Waals surface area contributed by atoms with Crippen molar-refractivity contribution in [3.05, 3.63) is 22.3 Å². The lowest BCUT2D eigenvalue weighted by atomic mass is 9.84. The summed E-state index contributed by atoms with van der Waals surface area (Å²) in [7, 11) is 0. The van der Waals surface area contributed by atoms with Gasteiger partial charge in [0.15, 0.2) is 23.1 Å². The number of hydrogen-bond donors (Lipinski definition) is 2. The Hall–Kier alpha value is -2.50. The van der Waals surface area contributed by atoms with Gasteiger partial charge in [0, 0.05) is 25.7 Å². The Morgan fingerprint density at radius 3 is 0.750 bits per heavy atom. The van der Waals surface area contributed by atoms with Gasteiger partial charge in [0.1, 0.15) is 11.5 Å². The van der Waals surface area contributed by atoms with Crippen molar-refractivity contribution in [3.8, 4) is 11.5 Å². The molecule has 0 aliphatic rings. The fourth-order valence-electron chi connectivity index (χ4n) is 5.16. The predicted octanol–water partition coefficient (Wildman–Crippen LogP) is 9.71. The van der Waals surface area contributed by atoms with Crippen LogP contribution in [0.5, 0.6) is 11.5 Å². The van der Waals surface area contributed by atoms with Gasteiger partial charge < -0.3 is 10.2 Å². The summed E-state index contributed by atoms with van der Waals surface area (Å²) in [5.41, 5.74) is -1.13. The van der Waals surface area contributed by atoms with Crippen LogP contribution < -0.4 is 0 Å². The van der Waals surface area contributed by atoms with Crippen LogP contribution in [0, 0.1) is 0 Å². The molecule has 0 aliphatic heterocycles. The topological polar surface area (TPSA) is 109 Å². The van der Waals surface area contributed by atoms with Crippen molar-refractivity contribution >= 4 is 23.1 Å². The molecule has 226 valence electrons. The van der Waals surface area contributed by atoms with Gasteiger partial charge in [-0.2, -0.15) is 0 Å². The third-order valence-electron chi connectivity index (χ3n) is 7.59. The first kappa shape index (κ1) is 35.5. The average Bonchev–Trinajstić information content (AvgIpc) is 2.93. The van der Waals surface area contributed by atoms with Crippen molar-refractivity contribution in [1.29, 1.82) is 0 Å². The summed E-state index contributed by atoms with van der Waals surface area (Å²) in [5, 5.41) is 23.0. The van der Waals surface area contributed by atoms with Crippen LogP contribution in [0.4, 0.5) is 0 Å². The minimum atomic E-state index is -0.604. The predicted molar refractivity (Wildman–Crippen MR) is 162 cm³/mol. The van der Waals surface area contributed by atoms with Gasteiger partial charge in [-0.1, -0.05) is 105 Å². The Morgan fingerprint density at radius 2 is 0.575 bits per heavy atom. The molecule has 0 amide bonds. The monoisotopic (exact) mass is 558 g/mol. The molecule has 1 rings (SSSR count). The Labute approximate surface area is 242 Å².